The molecule has 0 rings (SSSR count). The number of rotatable bonds is 5. The molecule has 0 heterocycles. The second kappa shape index (κ2) is 6.61. The normalized spacial score (nSPS) is 10.7. The molecule has 0 aliphatic heterocycles. The van der Waals surface area contributed by atoms with Gasteiger partial charge in [0.25, 0.3) is 0 Å². The van der Waals surface area contributed by atoms with E-state index in [4.69, 9.17) is 13.7 Å². The molecule has 7 heteroatoms. The van der Waals surface area contributed by atoms with Gasteiger partial charge in [0, 0.05) is 0 Å². The first-order chi connectivity index (χ1) is 4.31. The first-order valence-electron chi connectivity index (χ1n) is 2.32. The van der Waals surface area contributed by atoms with E-state index in [1.165, 1.54) is 0 Å². The second-order valence-electron chi connectivity index (χ2n) is 1.13. The van der Waals surface area contributed by atoms with E-state index in [-0.39, 0.29) is 10.0 Å². The summed E-state index contributed by atoms with van der Waals surface area (Å²) in [5, 5.41) is 0. The highest BCUT2D eigenvalue weighted by Gasteiger charge is 2.06. The summed E-state index contributed by atoms with van der Waals surface area (Å²) >= 11 is 0. The van der Waals surface area contributed by atoms with Crippen molar-refractivity contribution in [3.63, 3.8) is 0 Å². The van der Waals surface area contributed by atoms with Crippen molar-refractivity contribution < 1.29 is 17.8 Å². The van der Waals surface area contributed by atoms with Crippen LogP contribution in [0, 0.1) is 0 Å². The first kappa shape index (κ1) is 9.49. The molecular weight excluding hydrogens is 172 g/mol. The molecule has 0 aromatic rings. The van der Waals surface area contributed by atoms with Crippen molar-refractivity contribution in [3.8, 4) is 0 Å². The second-order valence-corrected chi connectivity index (χ2v) is 4.60. The molecule has 0 bridgehead atoms. The average molecular weight is 179 g/mol. The zero-order valence-electron chi connectivity index (χ0n) is 4.92. The molecule has 0 saturated carbocycles. The Balaban J connectivity index is 2.88. The van der Waals surface area contributed by atoms with Gasteiger partial charge >= 0.3 is 29.3 Å². The minimum Gasteiger partial charge on any atom is -0.413 e. The zero-order valence-corrected chi connectivity index (χ0v) is 7.92. The van der Waals surface area contributed by atoms with Gasteiger partial charge in [-0.3, -0.25) is 0 Å². The SMILES string of the molecule is CC[Si](O)O[Si]O[Si]O. The largest absolute Gasteiger partial charge is 0.420 e. The summed E-state index contributed by atoms with van der Waals surface area (Å²) in [6.07, 6.45) is 0. The maximum absolute atomic E-state index is 8.81. The third-order valence-corrected chi connectivity index (χ3v) is 3.13. The fraction of sp³-hybridized carbons (Fsp3) is 1.00. The van der Waals surface area contributed by atoms with Crippen LogP contribution < -0.4 is 0 Å². The quantitative estimate of drug-likeness (QED) is 0.402. The predicted octanol–water partition coefficient (Wildman–Crippen LogP) is -1.42. The van der Waals surface area contributed by atoms with E-state index in [1.807, 2.05) is 6.92 Å². The van der Waals surface area contributed by atoms with Crippen molar-refractivity contribution in [3.05, 3.63) is 0 Å². The summed E-state index contributed by atoms with van der Waals surface area (Å²) in [7, 11) is -2.39. The Labute approximate surface area is 60.8 Å². The van der Waals surface area contributed by atoms with Crippen molar-refractivity contribution in [2.45, 2.75) is 13.0 Å². The highest BCUT2D eigenvalue weighted by molar-refractivity contribution is 6.51. The van der Waals surface area contributed by atoms with Crippen LogP contribution in [0.5, 0.6) is 0 Å². The third kappa shape index (κ3) is 6.37. The van der Waals surface area contributed by atoms with E-state index in [0.29, 0.717) is 6.04 Å². The molecule has 0 spiro atoms. The Bertz CT molecular complexity index is 61.8. The highest BCUT2D eigenvalue weighted by Crippen LogP contribution is 1.85. The lowest BCUT2D eigenvalue weighted by Gasteiger charge is -2.01. The van der Waals surface area contributed by atoms with Crippen molar-refractivity contribution in [2.75, 3.05) is 0 Å². The van der Waals surface area contributed by atoms with Crippen LogP contribution in [-0.4, -0.2) is 38.9 Å². The molecule has 0 saturated heterocycles. The van der Waals surface area contributed by atoms with Gasteiger partial charge in [-0.1, -0.05) is 6.92 Å². The molecule has 51 valence electrons. The lowest BCUT2D eigenvalue weighted by Crippen LogP contribution is -2.21. The standard InChI is InChI=1S/C2H7O4Si3/c1-2-9(4)6-8-5-7-3/h3-4H,2H2,1H3. The van der Waals surface area contributed by atoms with Crippen LogP contribution in [-0.2, 0) is 8.23 Å². The van der Waals surface area contributed by atoms with Gasteiger partial charge in [-0.05, 0) is 6.04 Å². The van der Waals surface area contributed by atoms with Crippen LogP contribution in [0.1, 0.15) is 6.92 Å². The first-order valence-corrected chi connectivity index (χ1v) is 5.56. The number of hydrogen-bond acceptors (Lipinski definition) is 4. The van der Waals surface area contributed by atoms with Gasteiger partial charge in [-0.25, -0.2) is 0 Å². The summed E-state index contributed by atoms with van der Waals surface area (Å²) in [4.78, 5) is 16.9. The van der Waals surface area contributed by atoms with Gasteiger partial charge in [0.15, 0.2) is 0 Å². The molecule has 0 unspecified atom stereocenters. The van der Waals surface area contributed by atoms with Crippen LogP contribution in [0.3, 0.4) is 0 Å². The van der Waals surface area contributed by atoms with Gasteiger partial charge in [-0.15, -0.1) is 0 Å². The summed E-state index contributed by atoms with van der Waals surface area (Å²) in [6.45, 7) is 1.83. The summed E-state index contributed by atoms with van der Waals surface area (Å²) < 4.78 is 9.20. The molecule has 5 radical (unpaired) electrons. The van der Waals surface area contributed by atoms with E-state index in [0.717, 1.165) is 0 Å². The molecule has 0 aliphatic rings. The maximum atomic E-state index is 8.81. The molecule has 0 aromatic carbocycles. The van der Waals surface area contributed by atoms with Crippen molar-refractivity contribution in [1.29, 1.82) is 0 Å². The van der Waals surface area contributed by atoms with E-state index < -0.39 is 19.3 Å². The van der Waals surface area contributed by atoms with Gasteiger partial charge in [0.1, 0.15) is 0 Å². The lowest BCUT2D eigenvalue weighted by molar-refractivity contribution is 0.369. The highest BCUT2D eigenvalue weighted by atomic mass is 28.4. The molecule has 4 nitrogen and oxygen atoms in total. The van der Waals surface area contributed by atoms with E-state index >= 15 is 0 Å². The lowest BCUT2D eigenvalue weighted by atomic mass is 11.0. The van der Waals surface area contributed by atoms with Gasteiger partial charge < -0.3 is 17.8 Å². The summed E-state index contributed by atoms with van der Waals surface area (Å²) in [5.41, 5.74) is 0. The van der Waals surface area contributed by atoms with Crippen LogP contribution in [0.15, 0.2) is 0 Å². The topological polar surface area (TPSA) is 58.9 Å². The molecule has 0 fully saturated rings. The Kier molecular flexibility index (Phi) is 6.97. The Hall–Kier alpha value is 0.491. The molecule has 9 heavy (non-hydrogen) atoms. The van der Waals surface area contributed by atoms with Crippen molar-refractivity contribution >= 4 is 29.3 Å². The minimum absolute atomic E-state index is 0.223. The number of hydrogen-bond donors (Lipinski definition) is 2. The minimum atomic E-state index is -1.62. The fourth-order valence-electron chi connectivity index (χ4n) is 0.160. The van der Waals surface area contributed by atoms with Crippen LogP contribution in [0.2, 0.25) is 6.04 Å². The smallest absolute Gasteiger partial charge is 0.413 e. The molecule has 0 atom stereocenters. The molecule has 0 aliphatic carbocycles. The van der Waals surface area contributed by atoms with Crippen LogP contribution in [0.4, 0.5) is 0 Å². The third-order valence-electron chi connectivity index (χ3n) is 0.549. The maximum Gasteiger partial charge on any atom is 0.420 e. The molecule has 0 aromatic heterocycles. The zero-order chi connectivity index (χ0) is 7.11. The van der Waals surface area contributed by atoms with Crippen molar-refractivity contribution in [2.24, 2.45) is 0 Å². The van der Waals surface area contributed by atoms with Gasteiger partial charge in [-0.2, -0.15) is 0 Å². The molecular formula is C2H7O4Si3. The summed E-state index contributed by atoms with van der Waals surface area (Å²) in [5.74, 6) is 0. The van der Waals surface area contributed by atoms with Gasteiger partial charge in [0.2, 0.25) is 0 Å². The molecule has 0 amide bonds. The fourth-order valence-corrected chi connectivity index (χ4v) is 1.81. The van der Waals surface area contributed by atoms with Crippen LogP contribution >= 0.6 is 0 Å². The van der Waals surface area contributed by atoms with Crippen LogP contribution in [0.25, 0.3) is 0 Å². The molecule has 2 N–H and O–H groups in total. The van der Waals surface area contributed by atoms with E-state index in [1.54, 1.807) is 0 Å². The van der Waals surface area contributed by atoms with Crippen molar-refractivity contribution in [1.82, 2.24) is 0 Å². The van der Waals surface area contributed by atoms with E-state index in [2.05, 4.69) is 4.12 Å². The Morgan fingerprint density at radius 1 is 1.67 bits per heavy atom. The Morgan fingerprint density at radius 2 is 2.33 bits per heavy atom. The monoisotopic (exact) mass is 179 g/mol. The Morgan fingerprint density at radius 3 is 2.78 bits per heavy atom. The summed E-state index contributed by atoms with van der Waals surface area (Å²) in [6, 6.07) is 0.634. The van der Waals surface area contributed by atoms with E-state index in [9.17, 15) is 0 Å². The van der Waals surface area contributed by atoms with Gasteiger partial charge in [0.05, 0.1) is 0 Å². The predicted molar refractivity (Wildman–Crippen MR) is 34.4 cm³/mol. The average Bonchev–Trinajstić information content (AvgIpc) is 1.89.